The van der Waals surface area contributed by atoms with Crippen molar-refractivity contribution in [1.82, 2.24) is 25.0 Å². The molecule has 1 aliphatic carbocycles. The fourth-order valence-electron chi connectivity index (χ4n) is 9.65. The van der Waals surface area contributed by atoms with E-state index in [4.69, 9.17) is 26.6 Å². The van der Waals surface area contributed by atoms with Crippen LogP contribution in [0.2, 0.25) is 5.02 Å². The maximum absolute atomic E-state index is 13.5. The molecule has 1 atom stereocenters. The summed E-state index contributed by atoms with van der Waals surface area (Å²) in [5.41, 5.74) is 4.73. The normalized spacial score (nSPS) is 24.4. The van der Waals surface area contributed by atoms with E-state index in [0.717, 1.165) is 113 Å². The van der Waals surface area contributed by atoms with E-state index in [-0.39, 0.29) is 42.2 Å². The molecule has 57 heavy (non-hydrogen) atoms. The summed E-state index contributed by atoms with van der Waals surface area (Å²) in [6, 6.07) is 16.8. The second kappa shape index (κ2) is 15.6. The van der Waals surface area contributed by atoms with E-state index in [1.54, 1.807) is 23.1 Å². The predicted octanol–water partition coefficient (Wildman–Crippen LogP) is 4.75. The molecule has 4 fully saturated rings. The molecule has 0 spiro atoms. The minimum Gasteiger partial charge on any atom is -0.490 e. The smallest absolute Gasteiger partial charge is 0.256 e. The molecule has 6 aliphatic rings. The van der Waals surface area contributed by atoms with Gasteiger partial charge in [0.25, 0.3) is 11.8 Å². The van der Waals surface area contributed by atoms with Crippen LogP contribution in [0.15, 0.2) is 48.5 Å². The van der Waals surface area contributed by atoms with Crippen LogP contribution in [-0.2, 0) is 22.7 Å². The van der Waals surface area contributed by atoms with Gasteiger partial charge in [0, 0.05) is 82.1 Å². The highest BCUT2D eigenvalue weighted by Gasteiger charge is 2.40. The Hall–Kier alpha value is -5.19. The number of pyridine rings is 1. The van der Waals surface area contributed by atoms with E-state index < -0.39 is 6.04 Å². The van der Waals surface area contributed by atoms with Gasteiger partial charge in [-0.25, -0.2) is 4.98 Å². The first-order valence-corrected chi connectivity index (χ1v) is 20.8. The van der Waals surface area contributed by atoms with Gasteiger partial charge >= 0.3 is 0 Å². The second-order valence-electron chi connectivity index (χ2n) is 16.4. The number of amides is 4. The third kappa shape index (κ3) is 7.53. The van der Waals surface area contributed by atoms with Gasteiger partial charge < -0.3 is 24.3 Å². The molecule has 13 nitrogen and oxygen atoms in total. The van der Waals surface area contributed by atoms with Gasteiger partial charge in [-0.05, 0) is 98.9 Å². The highest BCUT2D eigenvalue weighted by Crippen LogP contribution is 2.35. The maximum Gasteiger partial charge on any atom is 0.256 e. The summed E-state index contributed by atoms with van der Waals surface area (Å²) >= 11 is 6.20. The number of carbonyl (C=O) groups excluding carboxylic acids is 4. The number of nitrogens with zero attached hydrogens (tertiary/aromatic N) is 7. The van der Waals surface area contributed by atoms with Crippen molar-refractivity contribution in [1.29, 1.82) is 5.26 Å². The van der Waals surface area contributed by atoms with Gasteiger partial charge in [-0.15, -0.1) is 0 Å². The first-order valence-electron chi connectivity index (χ1n) is 20.4. The van der Waals surface area contributed by atoms with Gasteiger partial charge in [0.15, 0.2) is 0 Å². The molecule has 1 aromatic heterocycles. The summed E-state index contributed by atoms with van der Waals surface area (Å²) in [7, 11) is 0. The number of halogens is 1. The number of rotatable bonds is 8. The lowest BCUT2D eigenvalue weighted by atomic mass is 9.92. The molecular formula is C43H47ClN8O5. The monoisotopic (exact) mass is 790 g/mol. The number of anilines is 2. The number of hydrogen-bond donors (Lipinski definition) is 1. The first-order chi connectivity index (χ1) is 27.7. The molecule has 296 valence electrons. The van der Waals surface area contributed by atoms with Crippen molar-refractivity contribution in [2.75, 3.05) is 55.6 Å². The van der Waals surface area contributed by atoms with Gasteiger partial charge in [-0.3, -0.25) is 29.4 Å². The minimum atomic E-state index is -0.601. The highest BCUT2D eigenvalue weighted by molar-refractivity contribution is 6.31. The number of piperazine rings is 1. The molecule has 4 amide bonds. The average molecular weight is 791 g/mol. The lowest BCUT2D eigenvalue weighted by Crippen LogP contribution is -2.52. The molecule has 14 heteroatoms. The standard InChI is InChI=1S/C43H47ClN8O5/c44-36-22-33(5-1-28(36)23-45)57-32-6-2-30(3-7-32)51-26-37-35(43(51)56)9-11-39(46-37)50-15-13-27(14-16-50)24-48-17-19-49(20-18-48)31-4-8-34-29(21-31)25-52(42(34)55)38-10-12-40(53)47-41(38)54/h1,4-5,8-9,11,21-22,27,30,32,38H,2-3,6-7,10,12-20,24-26H2,(H,47,53,54). The van der Waals surface area contributed by atoms with Gasteiger partial charge in [0.2, 0.25) is 11.8 Å². The van der Waals surface area contributed by atoms with Crippen LogP contribution in [-0.4, -0.2) is 107 Å². The van der Waals surface area contributed by atoms with Crippen molar-refractivity contribution in [2.45, 2.75) is 82.6 Å². The lowest BCUT2D eigenvalue weighted by molar-refractivity contribution is -0.136. The number of hydrogen-bond acceptors (Lipinski definition) is 10. The Labute approximate surface area is 337 Å². The number of aromatic nitrogens is 1. The molecule has 5 aliphatic heterocycles. The van der Waals surface area contributed by atoms with Gasteiger partial charge in [-0.2, -0.15) is 5.26 Å². The fourth-order valence-corrected chi connectivity index (χ4v) is 9.86. The summed E-state index contributed by atoms with van der Waals surface area (Å²) in [5.74, 6) is 1.53. The third-order valence-electron chi connectivity index (χ3n) is 12.9. The van der Waals surface area contributed by atoms with E-state index >= 15 is 0 Å². The first kappa shape index (κ1) is 37.4. The van der Waals surface area contributed by atoms with Gasteiger partial charge in [0.1, 0.15) is 23.7 Å². The van der Waals surface area contributed by atoms with Crippen LogP contribution in [0.5, 0.6) is 5.75 Å². The van der Waals surface area contributed by atoms with Crippen LogP contribution >= 0.6 is 11.6 Å². The second-order valence-corrected chi connectivity index (χ2v) is 16.8. The molecule has 6 heterocycles. The maximum atomic E-state index is 13.5. The number of benzene rings is 2. The van der Waals surface area contributed by atoms with Crippen LogP contribution in [0.25, 0.3) is 0 Å². The van der Waals surface area contributed by atoms with Gasteiger partial charge in [-0.1, -0.05) is 11.6 Å². The Morgan fingerprint density at radius 2 is 1.54 bits per heavy atom. The van der Waals surface area contributed by atoms with Crippen molar-refractivity contribution in [3.63, 3.8) is 0 Å². The average Bonchev–Trinajstić information content (AvgIpc) is 3.73. The molecule has 0 bridgehead atoms. The minimum absolute atomic E-state index is 0.0510. The summed E-state index contributed by atoms with van der Waals surface area (Å²) in [5, 5.41) is 11.9. The zero-order valence-corrected chi connectivity index (χ0v) is 32.8. The molecule has 3 saturated heterocycles. The Morgan fingerprint density at radius 3 is 2.28 bits per heavy atom. The van der Waals surface area contributed by atoms with Crippen molar-refractivity contribution in [2.24, 2.45) is 5.92 Å². The quantitative estimate of drug-likeness (QED) is 0.318. The highest BCUT2D eigenvalue weighted by atomic mass is 35.5. The zero-order chi connectivity index (χ0) is 39.2. The van der Waals surface area contributed by atoms with E-state index in [1.165, 1.54) is 0 Å². The molecule has 1 unspecified atom stereocenters. The Morgan fingerprint density at radius 1 is 0.789 bits per heavy atom. The zero-order valence-electron chi connectivity index (χ0n) is 32.0. The number of piperidine rings is 2. The summed E-state index contributed by atoms with van der Waals surface area (Å²) < 4.78 is 6.18. The molecule has 1 saturated carbocycles. The molecule has 9 rings (SSSR count). The summed E-state index contributed by atoms with van der Waals surface area (Å²) in [4.78, 5) is 66.7. The van der Waals surface area contributed by atoms with Gasteiger partial charge in [0.05, 0.1) is 34.5 Å². The summed E-state index contributed by atoms with van der Waals surface area (Å²) in [6.07, 6.45) is 6.30. The van der Waals surface area contributed by atoms with Crippen LogP contribution in [0.1, 0.15) is 88.9 Å². The van der Waals surface area contributed by atoms with Crippen molar-refractivity contribution >= 4 is 46.7 Å². The van der Waals surface area contributed by atoms with Crippen LogP contribution in [0.3, 0.4) is 0 Å². The topological polar surface area (TPSA) is 142 Å². The number of imide groups is 1. The fraction of sp³-hybridized carbons (Fsp3) is 0.488. The van der Waals surface area contributed by atoms with E-state index in [1.807, 2.05) is 29.2 Å². The SMILES string of the molecule is N#Cc1ccc(OC2CCC(N3Cc4nc(N5CCC(CN6CCN(c7ccc8c(c7)CN(C7CCC(=O)NC7=O)C8=O)CC6)CC5)ccc4C3=O)CC2)cc1Cl. The summed E-state index contributed by atoms with van der Waals surface area (Å²) in [6.45, 7) is 7.72. The molecule has 0 radical (unpaired) electrons. The number of nitrogens with one attached hydrogen (secondary N) is 1. The Bertz CT molecular complexity index is 2130. The predicted molar refractivity (Wildman–Crippen MR) is 213 cm³/mol. The van der Waals surface area contributed by atoms with Crippen LogP contribution in [0.4, 0.5) is 11.5 Å². The number of nitriles is 1. The van der Waals surface area contributed by atoms with E-state index in [9.17, 15) is 19.2 Å². The van der Waals surface area contributed by atoms with Crippen molar-refractivity contribution in [3.05, 3.63) is 81.5 Å². The number of ether oxygens (including phenoxy) is 1. The lowest BCUT2D eigenvalue weighted by Gasteiger charge is -2.40. The van der Waals surface area contributed by atoms with E-state index in [0.29, 0.717) is 47.3 Å². The number of carbonyl (C=O) groups is 4. The molecule has 3 aromatic rings. The van der Waals surface area contributed by atoms with Crippen molar-refractivity contribution < 1.29 is 23.9 Å². The van der Waals surface area contributed by atoms with E-state index in [2.05, 4.69) is 32.2 Å². The Kier molecular flexibility index (Phi) is 10.3. The third-order valence-corrected chi connectivity index (χ3v) is 13.2. The van der Waals surface area contributed by atoms with Crippen LogP contribution in [0, 0.1) is 17.2 Å². The molecular weight excluding hydrogens is 744 g/mol. The number of fused-ring (bicyclic) bond motifs is 2. The molecule has 1 N–H and O–H groups in total. The van der Waals surface area contributed by atoms with Crippen LogP contribution < -0.4 is 19.9 Å². The Balaban J connectivity index is 0.722. The van der Waals surface area contributed by atoms with Crippen molar-refractivity contribution in [3.8, 4) is 11.8 Å². The molecule has 2 aromatic carbocycles. The largest absolute Gasteiger partial charge is 0.490 e.